The molecule has 4 rings (SSSR count). The van der Waals surface area contributed by atoms with Crippen molar-refractivity contribution >= 4 is 11.9 Å². The van der Waals surface area contributed by atoms with E-state index < -0.39 is 11.9 Å². The summed E-state index contributed by atoms with van der Waals surface area (Å²) in [5.41, 5.74) is 2.34. The smallest absolute Gasteiger partial charge is 0.414 e. The SMILES string of the molecule is Fc1ccccc1CN1CCN(C2CCC(c3ccccc3)CC2)CC1.O=C(O)C(=O)O. The van der Waals surface area contributed by atoms with Gasteiger partial charge in [-0.25, -0.2) is 14.0 Å². The Labute approximate surface area is 188 Å². The molecule has 1 saturated heterocycles. The van der Waals surface area contributed by atoms with Gasteiger partial charge >= 0.3 is 11.9 Å². The van der Waals surface area contributed by atoms with Crippen LogP contribution in [0.3, 0.4) is 0 Å². The molecule has 172 valence electrons. The fourth-order valence-corrected chi connectivity index (χ4v) is 4.65. The molecule has 32 heavy (non-hydrogen) atoms. The standard InChI is InChI=1S/C23H29FN2.C2H2O4/c24-23-9-5-4-8-21(23)18-25-14-16-26(17-15-25)22-12-10-20(11-13-22)19-6-2-1-3-7-19;3-1(4)2(5)6/h1-9,20,22H,10-18H2;(H,3,4)(H,5,6). The van der Waals surface area contributed by atoms with Gasteiger partial charge in [-0.15, -0.1) is 0 Å². The van der Waals surface area contributed by atoms with Crippen molar-refractivity contribution in [2.45, 2.75) is 44.2 Å². The average Bonchev–Trinajstić information content (AvgIpc) is 2.82. The third-order valence-electron chi connectivity index (χ3n) is 6.43. The topological polar surface area (TPSA) is 81.1 Å². The van der Waals surface area contributed by atoms with Crippen LogP contribution in [0.1, 0.15) is 42.7 Å². The molecule has 0 aromatic heterocycles. The first-order valence-corrected chi connectivity index (χ1v) is 11.1. The Morgan fingerprint density at radius 3 is 1.94 bits per heavy atom. The normalized spacial score (nSPS) is 21.9. The third-order valence-corrected chi connectivity index (χ3v) is 6.43. The van der Waals surface area contributed by atoms with Gasteiger partial charge in [0.2, 0.25) is 0 Å². The zero-order valence-corrected chi connectivity index (χ0v) is 18.2. The fourth-order valence-electron chi connectivity index (χ4n) is 4.65. The summed E-state index contributed by atoms with van der Waals surface area (Å²) in [6.07, 6.45) is 5.24. The highest BCUT2D eigenvalue weighted by molar-refractivity contribution is 6.27. The minimum Gasteiger partial charge on any atom is -0.473 e. The highest BCUT2D eigenvalue weighted by Crippen LogP contribution is 2.35. The molecule has 7 heteroatoms. The molecule has 0 amide bonds. The minimum absolute atomic E-state index is 0.0748. The van der Waals surface area contributed by atoms with E-state index in [1.807, 2.05) is 12.1 Å². The first-order chi connectivity index (χ1) is 15.4. The van der Waals surface area contributed by atoms with Gasteiger partial charge in [0.15, 0.2) is 0 Å². The van der Waals surface area contributed by atoms with Gasteiger partial charge in [-0.3, -0.25) is 9.80 Å². The van der Waals surface area contributed by atoms with Crippen LogP contribution in [0.4, 0.5) is 4.39 Å². The maximum atomic E-state index is 13.9. The van der Waals surface area contributed by atoms with E-state index in [-0.39, 0.29) is 5.82 Å². The molecule has 6 nitrogen and oxygen atoms in total. The van der Waals surface area contributed by atoms with E-state index in [2.05, 4.69) is 40.1 Å². The predicted molar refractivity (Wildman–Crippen MR) is 120 cm³/mol. The highest BCUT2D eigenvalue weighted by atomic mass is 19.1. The predicted octanol–water partition coefficient (Wildman–Crippen LogP) is 3.83. The zero-order valence-electron chi connectivity index (χ0n) is 18.2. The van der Waals surface area contributed by atoms with Gasteiger partial charge in [0.25, 0.3) is 0 Å². The van der Waals surface area contributed by atoms with E-state index in [1.54, 1.807) is 12.1 Å². The Balaban J connectivity index is 0.000000427. The maximum absolute atomic E-state index is 13.9. The van der Waals surface area contributed by atoms with Crippen LogP contribution in [0.5, 0.6) is 0 Å². The summed E-state index contributed by atoms with van der Waals surface area (Å²) < 4.78 is 13.9. The summed E-state index contributed by atoms with van der Waals surface area (Å²) in [6, 6.07) is 18.9. The van der Waals surface area contributed by atoms with Gasteiger partial charge in [-0.1, -0.05) is 48.5 Å². The lowest BCUT2D eigenvalue weighted by Gasteiger charge is -2.42. The van der Waals surface area contributed by atoms with Crippen molar-refractivity contribution < 1.29 is 24.2 Å². The second kappa shape index (κ2) is 11.7. The molecule has 2 aliphatic rings. The zero-order chi connectivity index (χ0) is 22.9. The number of carboxylic acid groups (broad SMARTS) is 2. The number of aliphatic carboxylic acids is 2. The molecule has 0 bridgehead atoms. The molecule has 0 spiro atoms. The van der Waals surface area contributed by atoms with Crippen molar-refractivity contribution in [2.75, 3.05) is 26.2 Å². The second-order valence-corrected chi connectivity index (χ2v) is 8.43. The summed E-state index contributed by atoms with van der Waals surface area (Å²) >= 11 is 0. The number of benzene rings is 2. The van der Waals surface area contributed by atoms with E-state index in [4.69, 9.17) is 19.8 Å². The Morgan fingerprint density at radius 1 is 0.812 bits per heavy atom. The molecule has 1 aliphatic heterocycles. The molecule has 1 heterocycles. The molecule has 1 saturated carbocycles. The van der Waals surface area contributed by atoms with Crippen molar-refractivity contribution in [3.8, 4) is 0 Å². The van der Waals surface area contributed by atoms with E-state index in [0.29, 0.717) is 0 Å². The first kappa shape index (κ1) is 23.9. The largest absolute Gasteiger partial charge is 0.473 e. The quantitative estimate of drug-likeness (QED) is 0.701. The van der Waals surface area contributed by atoms with Gasteiger partial charge in [-0.2, -0.15) is 0 Å². The van der Waals surface area contributed by atoms with E-state index >= 15 is 0 Å². The Hall–Kier alpha value is -2.77. The van der Waals surface area contributed by atoms with Gasteiger partial charge in [0, 0.05) is 44.3 Å². The van der Waals surface area contributed by atoms with Crippen LogP contribution < -0.4 is 0 Å². The summed E-state index contributed by atoms with van der Waals surface area (Å²) in [5.74, 6) is -2.98. The van der Waals surface area contributed by atoms with Crippen LogP contribution in [0.15, 0.2) is 54.6 Å². The van der Waals surface area contributed by atoms with Crippen molar-refractivity contribution in [2.24, 2.45) is 0 Å². The lowest BCUT2D eigenvalue weighted by molar-refractivity contribution is -0.159. The van der Waals surface area contributed by atoms with Crippen molar-refractivity contribution in [1.82, 2.24) is 9.80 Å². The van der Waals surface area contributed by atoms with Crippen LogP contribution >= 0.6 is 0 Å². The maximum Gasteiger partial charge on any atom is 0.414 e. The molecular weight excluding hydrogens is 411 g/mol. The average molecular weight is 443 g/mol. The number of piperazine rings is 1. The van der Waals surface area contributed by atoms with Crippen LogP contribution in [0, 0.1) is 5.82 Å². The number of hydrogen-bond acceptors (Lipinski definition) is 4. The fraction of sp³-hybridized carbons (Fsp3) is 0.440. The van der Waals surface area contributed by atoms with E-state index in [0.717, 1.165) is 50.2 Å². The molecule has 2 aromatic rings. The highest BCUT2D eigenvalue weighted by Gasteiger charge is 2.28. The van der Waals surface area contributed by atoms with Gasteiger partial charge < -0.3 is 10.2 Å². The Kier molecular flexibility index (Phi) is 8.76. The van der Waals surface area contributed by atoms with Gasteiger partial charge in [-0.05, 0) is 43.2 Å². The first-order valence-electron chi connectivity index (χ1n) is 11.1. The third kappa shape index (κ3) is 6.87. The van der Waals surface area contributed by atoms with Gasteiger partial charge in [0.1, 0.15) is 5.82 Å². The van der Waals surface area contributed by atoms with Crippen LogP contribution in [-0.4, -0.2) is 64.2 Å². The van der Waals surface area contributed by atoms with E-state index in [9.17, 15) is 4.39 Å². The van der Waals surface area contributed by atoms with Crippen LogP contribution in [0.2, 0.25) is 0 Å². The molecule has 2 aromatic carbocycles. The lowest BCUT2D eigenvalue weighted by Crippen LogP contribution is -2.50. The molecule has 1 aliphatic carbocycles. The summed E-state index contributed by atoms with van der Waals surface area (Å²) in [4.78, 5) is 23.3. The Morgan fingerprint density at radius 2 is 1.38 bits per heavy atom. The molecule has 0 unspecified atom stereocenters. The monoisotopic (exact) mass is 442 g/mol. The number of hydrogen-bond donors (Lipinski definition) is 2. The molecular formula is C25H31FN2O4. The summed E-state index contributed by atoms with van der Waals surface area (Å²) in [6.45, 7) is 5.07. The summed E-state index contributed by atoms with van der Waals surface area (Å²) in [7, 11) is 0. The number of rotatable bonds is 4. The second-order valence-electron chi connectivity index (χ2n) is 8.43. The van der Waals surface area contributed by atoms with E-state index in [1.165, 1.54) is 31.2 Å². The number of nitrogens with zero attached hydrogens (tertiary/aromatic N) is 2. The number of carbonyl (C=O) groups is 2. The molecule has 2 fully saturated rings. The minimum atomic E-state index is -1.82. The van der Waals surface area contributed by atoms with Crippen molar-refractivity contribution in [1.29, 1.82) is 0 Å². The van der Waals surface area contributed by atoms with Crippen molar-refractivity contribution in [3.05, 3.63) is 71.5 Å². The Bertz CT molecular complexity index is 865. The van der Waals surface area contributed by atoms with Gasteiger partial charge in [0.05, 0.1) is 0 Å². The van der Waals surface area contributed by atoms with Crippen molar-refractivity contribution in [3.63, 3.8) is 0 Å². The lowest BCUT2D eigenvalue weighted by atomic mass is 9.81. The molecule has 0 radical (unpaired) electrons. The summed E-state index contributed by atoms with van der Waals surface area (Å²) in [5, 5.41) is 14.8. The number of halogens is 1. The molecule has 0 atom stereocenters. The van der Waals surface area contributed by atoms with Crippen LogP contribution in [0.25, 0.3) is 0 Å². The van der Waals surface area contributed by atoms with Crippen LogP contribution in [-0.2, 0) is 16.1 Å². The number of carboxylic acids is 2. The molecule has 2 N–H and O–H groups in total.